The molecule has 2 rings (SSSR count). The molecule has 0 atom stereocenters. The number of rotatable bonds is 4. The Balaban J connectivity index is 2.33. The maximum Gasteiger partial charge on any atom is 0.321 e. The van der Waals surface area contributed by atoms with E-state index in [0.717, 1.165) is 11.1 Å². The number of carbonyl (C=O) groups excluding carboxylic acids is 2. The van der Waals surface area contributed by atoms with E-state index in [4.69, 9.17) is 4.74 Å². The van der Waals surface area contributed by atoms with E-state index in [1.54, 1.807) is 46.5 Å². The molecule has 6 nitrogen and oxygen atoms in total. The predicted octanol–water partition coefficient (Wildman–Crippen LogP) is 2.82. The molecule has 2 aromatic rings. The van der Waals surface area contributed by atoms with Crippen molar-refractivity contribution < 1.29 is 14.3 Å². The average Bonchev–Trinajstić information content (AvgIpc) is 2.61. The predicted molar refractivity (Wildman–Crippen MR) is 94.5 cm³/mol. The van der Waals surface area contributed by atoms with Crippen LogP contribution in [-0.2, 0) is 0 Å². The third-order valence-corrected chi connectivity index (χ3v) is 3.54. The molecule has 2 aromatic carbocycles. The second-order valence-electron chi connectivity index (χ2n) is 5.40. The fraction of sp³-hybridized carbons (Fsp3) is 0.222. The largest absolute Gasteiger partial charge is 0.496 e. The molecular weight excluding hydrogens is 306 g/mol. The van der Waals surface area contributed by atoms with Gasteiger partial charge in [-0.15, -0.1) is 0 Å². The van der Waals surface area contributed by atoms with Crippen LogP contribution in [0.5, 0.6) is 5.75 Å². The molecule has 0 saturated carbocycles. The van der Waals surface area contributed by atoms with Gasteiger partial charge >= 0.3 is 6.03 Å². The number of ether oxygens (including phenoxy) is 1. The lowest BCUT2D eigenvalue weighted by Gasteiger charge is -2.13. The Morgan fingerprint density at radius 2 is 1.71 bits per heavy atom. The van der Waals surface area contributed by atoms with Crippen molar-refractivity contribution in [1.82, 2.24) is 10.2 Å². The highest BCUT2D eigenvalue weighted by Crippen LogP contribution is 2.31. The van der Waals surface area contributed by atoms with Crippen LogP contribution in [0.25, 0.3) is 11.1 Å². The summed E-state index contributed by atoms with van der Waals surface area (Å²) in [5, 5.41) is 5.39. The van der Waals surface area contributed by atoms with E-state index in [1.165, 1.54) is 4.90 Å². The minimum absolute atomic E-state index is 0.159. The summed E-state index contributed by atoms with van der Waals surface area (Å²) in [4.78, 5) is 25.0. The number of carbonyl (C=O) groups is 2. The van der Waals surface area contributed by atoms with Crippen LogP contribution in [0.2, 0.25) is 0 Å². The van der Waals surface area contributed by atoms with Crippen molar-refractivity contribution >= 4 is 17.6 Å². The molecule has 0 radical (unpaired) electrons. The number of nitrogens with zero attached hydrogens (tertiary/aromatic N) is 1. The van der Waals surface area contributed by atoms with Crippen molar-refractivity contribution in [3.63, 3.8) is 0 Å². The summed E-state index contributed by atoms with van der Waals surface area (Å²) in [5.41, 5.74) is 2.95. The van der Waals surface area contributed by atoms with E-state index < -0.39 is 0 Å². The second kappa shape index (κ2) is 7.50. The quantitative estimate of drug-likeness (QED) is 0.907. The van der Waals surface area contributed by atoms with Gasteiger partial charge in [-0.3, -0.25) is 4.79 Å². The molecule has 24 heavy (non-hydrogen) atoms. The molecule has 0 aromatic heterocycles. The molecule has 0 aliphatic heterocycles. The van der Waals surface area contributed by atoms with Gasteiger partial charge in [0.1, 0.15) is 5.75 Å². The van der Waals surface area contributed by atoms with Gasteiger partial charge in [-0.1, -0.05) is 12.1 Å². The summed E-state index contributed by atoms with van der Waals surface area (Å²) in [6, 6.07) is 12.4. The molecule has 0 fully saturated rings. The number of hydrogen-bond acceptors (Lipinski definition) is 3. The average molecular weight is 327 g/mol. The van der Waals surface area contributed by atoms with Crippen molar-refractivity contribution in [3.05, 3.63) is 48.0 Å². The van der Waals surface area contributed by atoms with Crippen molar-refractivity contribution in [3.8, 4) is 16.9 Å². The van der Waals surface area contributed by atoms with Crippen LogP contribution in [0.15, 0.2) is 42.5 Å². The van der Waals surface area contributed by atoms with Crippen molar-refractivity contribution in [2.24, 2.45) is 0 Å². The molecule has 0 saturated heterocycles. The van der Waals surface area contributed by atoms with Crippen LogP contribution >= 0.6 is 0 Å². The zero-order chi connectivity index (χ0) is 17.7. The van der Waals surface area contributed by atoms with Gasteiger partial charge in [0, 0.05) is 38.0 Å². The highest BCUT2D eigenvalue weighted by Gasteiger charge is 2.11. The third-order valence-electron chi connectivity index (χ3n) is 3.54. The van der Waals surface area contributed by atoms with E-state index in [9.17, 15) is 9.59 Å². The Bertz CT molecular complexity index is 740. The van der Waals surface area contributed by atoms with Crippen LogP contribution in [0.4, 0.5) is 10.5 Å². The minimum Gasteiger partial charge on any atom is -0.496 e. The van der Waals surface area contributed by atoms with Crippen LogP contribution in [0, 0.1) is 0 Å². The molecule has 0 aliphatic carbocycles. The molecule has 0 aliphatic rings. The maximum absolute atomic E-state index is 11.8. The Morgan fingerprint density at radius 3 is 2.25 bits per heavy atom. The Hall–Kier alpha value is -3.02. The number of nitrogens with one attached hydrogen (secondary N) is 2. The molecular formula is C18H21N3O3. The summed E-state index contributed by atoms with van der Waals surface area (Å²) >= 11 is 0. The normalized spacial score (nSPS) is 10.0. The fourth-order valence-corrected chi connectivity index (χ4v) is 2.19. The van der Waals surface area contributed by atoms with Gasteiger partial charge < -0.3 is 20.3 Å². The summed E-state index contributed by atoms with van der Waals surface area (Å²) in [7, 11) is 6.54. The smallest absolute Gasteiger partial charge is 0.321 e. The van der Waals surface area contributed by atoms with Gasteiger partial charge in [0.15, 0.2) is 0 Å². The Labute approximate surface area is 141 Å². The number of benzene rings is 2. The Morgan fingerprint density at radius 1 is 1.04 bits per heavy atom. The van der Waals surface area contributed by atoms with Crippen LogP contribution < -0.4 is 15.4 Å². The topological polar surface area (TPSA) is 70.7 Å². The number of amides is 3. The zero-order valence-corrected chi connectivity index (χ0v) is 14.2. The van der Waals surface area contributed by atoms with Crippen LogP contribution in [-0.4, -0.2) is 45.1 Å². The van der Waals surface area contributed by atoms with Gasteiger partial charge in [-0.2, -0.15) is 0 Å². The van der Waals surface area contributed by atoms with E-state index in [-0.39, 0.29) is 11.9 Å². The minimum atomic E-state index is -0.193. The number of hydrogen-bond donors (Lipinski definition) is 2. The van der Waals surface area contributed by atoms with E-state index in [0.29, 0.717) is 17.0 Å². The summed E-state index contributed by atoms with van der Waals surface area (Å²) in [6.45, 7) is 0. The van der Waals surface area contributed by atoms with Gasteiger partial charge in [0.05, 0.1) is 7.11 Å². The Kier molecular flexibility index (Phi) is 5.42. The summed E-state index contributed by atoms with van der Waals surface area (Å²) < 4.78 is 5.39. The molecule has 126 valence electrons. The van der Waals surface area contributed by atoms with Gasteiger partial charge in [-0.05, 0) is 35.9 Å². The summed E-state index contributed by atoms with van der Waals surface area (Å²) in [5.74, 6) is 0.515. The van der Waals surface area contributed by atoms with Crippen molar-refractivity contribution in [2.75, 3.05) is 33.6 Å². The van der Waals surface area contributed by atoms with Gasteiger partial charge in [-0.25, -0.2) is 4.79 Å². The lowest BCUT2D eigenvalue weighted by atomic mass is 10.0. The first-order chi connectivity index (χ1) is 11.5. The standard InChI is InChI=1S/C18H21N3O3/c1-19-17(22)13-7-10-16(24-4)15(11-13)12-5-8-14(9-6-12)20-18(23)21(2)3/h5-11H,1-4H3,(H,19,22)(H,20,23). The van der Waals surface area contributed by atoms with Crippen molar-refractivity contribution in [1.29, 1.82) is 0 Å². The van der Waals surface area contributed by atoms with E-state index in [2.05, 4.69) is 10.6 Å². The first kappa shape index (κ1) is 17.3. The lowest BCUT2D eigenvalue weighted by molar-refractivity contribution is 0.0963. The van der Waals surface area contributed by atoms with E-state index in [1.807, 2.05) is 24.3 Å². The van der Waals surface area contributed by atoms with Crippen LogP contribution in [0.1, 0.15) is 10.4 Å². The number of methoxy groups -OCH3 is 1. The maximum atomic E-state index is 11.8. The molecule has 0 bridgehead atoms. The van der Waals surface area contributed by atoms with Gasteiger partial charge in [0.2, 0.25) is 0 Å². The van der Waals surface area contributed by atoms with Crippen LogP contribution in [0.3, 0.4) is 0 Å². The lowest BCUT2D eigenvalue weighted by Crippen LogP contribution is -2.27. The summed E-state index contributed by atoms with van der Waals surface area (Å²) in [6.07, 6.45) is 0. The first-order valence-electron chi connectivity index (χ1n) is 7.45. The zero-order valence-electron chi connectivity index (χ0n) is 14.2. The highest BCUT2D eigenvalue weighted by molar-refractivity contribution is 5.96. The molecule has 3 amide bonds. The monoisotopic (exact) mass is 327 g/mol. The van der Waals surface area contributed by atoms with Gasteiger partial charge in [0.25, 0.3) is 5.91 Å². The number of anilines is 1. The molecule has 2 N–H and O–H groups in total. The first-order valence-corrected chi connectivity index (χ1v) is 7.45. The third kappa shape index (κ3) is 3.84. The number of urea groups is 1. The molecule has 6 heteroatoms. The van der Waals surface area contributed by atoms with E-state index >= 15 is 0 Å². The highest BCUT2D eigenvalue weighted by atomic mass is 16.5. The second-order valence-corrected chi connectivity index (χ2v) is 5.40. The van der Waals surface area contributed by atoms with Crippen molar-refractivity contribution in [2.45, 2.75) is 0 Å². The molecule has 0 unspecified atom stereocenters. The molecule has 0 spiro atoms. The fourth-order valence-electron chi connectivity index (χ4n) is 2.19. The SMILES string of the molecule is CNC(=O)c1ccc(OC)c(-c2ccc(NC(=O)N(C)C)cc2)c1. The molecule has 0 heterocycles.